The lowest BCUT2D eigenvalue weighted by atomic mass is 9.66. The van der Waals surface area contributed by atoms with Crippen molar-refractivity contribution in [3.63, 3.8) is 0 Å². The van der Waals surface area contributed by atoms with E-state index in [0.29, 0.717) is 16.8 Å². The number of carbonyl (C=O) groups excluding carboxylic acids is 1. The molecule has 0 bridgehead atoms. The molecular weight excluding hydrogens is 315 g/mol. The Morgan fingerprint density at radius 1 is 1.38 bits per heavy atom. The van der Waals surface area contributed by atoms with Crippen molar-refractivity contribution in [2.45, 2.75) is 31.8 Å². The monoisotopic (exact) mass is 334 g/mol. The molecule has 0 saturated heterocycles. The molecule has 0 unspecified atom stereocenters. The third-order valence-electron chi connectivity index (χ3n) is 4.52. The molecule has 0 fully saturated rings. The summed E-state index contributed by atoms with van der Waals surface area (Å²) in [5, 5.41) is 16.1. The largest absolute Gasteiger partial charge is 0.466 e. The fourth-order valence-electron chi connectivity index (χ4n) is 3.52. The van der Waals surface area contributed by atoms with Gasteiger partial charge in [-0.2, -0.15) is 0 Å². The third kappa shape index (κ3) is 2.65. The molecule has 3 atom stereocenters. The summed E-state index contributed by atoms with van der Waals surface area (Å²) in [4.78, 5) is 24.8. The number of aromatic amines is 2. The number of aromatic nitrogens is 2. The van der Waals surface area contributed by atoms with Crippen LogP contribution in [0.4, 0.5) is 4.39 Å². The van der Waals surface area contributed by atoms with Crippen LogP contribution in [-0.2, 0) is 16.0 Å². The number of aliphatic hydroxyl groups is 1. The van der Waals surface area contributed by atoms with E-state index in [2.05, 4.69) is 10.2 Å². The minimum atomic E-state index is -1.41. The summed E-state index contributed by atoms with van der Waals surface area (Å²) in [6, 6.07) is 5.57. The first-order valence-electron chi connectivity index (χ1n) is 7.79. The van der Waals surface area contributed by atoms with Gasteiger partial charge in [0.05, 0.1) is 18.1 Å². The highest BCUT2D eigenvalue weighted by Crippen LogP contribution is 2.44. The lowest BCUT2D eigenvalue weighted by Gasteiger charge is -2.40. The lowest BCUT2D eigenvalue weighted by molar-refractivity contribution is -0.159. The zero-order valence-corrected chi connectivity index (χ0v) is 13.4. The molecule has 2 aromatic rings. The maximum absolute atomic E-state index is 13.3. The molecule has 1 aromatic heterocycles. The van der Waals surface area contributed by atoms with Crippen molar-refractivity contribution >= 4 is 5.97 Å². The summed E-state index contributed by atoms with van der Waals surface area (Å²) in [5.74, 6) is -2.69. The first kappa shape index (κ1) is 16.4. The highest BCUT2D eigenvalue weighted by molar-refractivity contribution is 5.77. The molecule has 1 aromatic carbocycles. The molecule has 0 amide bonds. The van der Waals surface area contributed by atoms with E-state index in [1.165, 1.54) is 24.3 Å². The molecule has 0 saturated carbocycles. The smallest absolute Gasteiger partial charge is 0.312 e. The van der Waals surface area contributed by atoms with Gasteiger partial charge in [-0.05, 0) is 31.5 Å². The summed E-state index contributed by atoms with van der Waals surface area (Å²) < 4.78 is 18.4. The maximum atomic E-state index is 13.3. The van der Waals surface area contributed by atoms with E-state index in [1.54, 1.807) is 13.8 Å². The van der Waals surface area contributed by atoms with Crippen molar-refractivity contribution < 1.29 is 19.0 Å². The number of halogens is 1. The number of hydrogen-bond donors (Lipinski definition) is 3. The molecule has 128 valence electrons. The average molecular weight is 334 g/mol. The predicted molar refractivity (Wildman–Crippen MR) is 84.1 cm³/mol. The number of H-pyrrole nitrogens is 2. The molecule has 0 aliphatic heterocycles. The van der Waals surface area contributed by atoms with E-state index in [4.69, 9.17) is 4.74 Å². The SMILES string of the molecule is CCOC(=O)[C@@H]1[C@@H](c2ccc(F)cc2)c2c([nH][nH]c2=O)C[C@@]1(C)O. The molecular formula is C17H19FN2O4. The maximum Gasteiger partial charge on any atom is 0.312 e. The molecule has 7 heteroatoms. The Morgan fingerprint density at radius 2 is 2.04 bits per heavy atom. The van der Waals surface area contributed by atoms with Crippen LogP contribution >= 0.6 is 0 Å². The number of ether oxygens (including phenoxy) is 1. The van der Waals surface area contributed by atoms with Crippen LogP contribution in [0.15, 0.2) is 29.1 Å². The van der Waals surface area contributed by atoms with E-state index in [-0.39, 0.29) is 18.6 Å². The Hall–Kier alpha value is -2.41. The van der Waals surface area contributed by atoms with Crippen LogP contribution in [0.5, 0.6) is 0 Å². The zero-order chi connectivity index (χ0) is 17.5. The number of rotatable bonds is 3. The van der Waals surface area contributed by atoms with Gasteiger partial charge in [-0.15, -0.1) is 0 Å². The normalized spacial score (nSPS) is 26.0. The van der Waals surface area contributed by atoms with Gasteiger partial charge in [-0.3, -0.25) is 14.7 Å². The Morgan fingerprint density at radius 3 is 2.67 bits per heavy atom. The summed E-state index contributed by atoms with van der Waals surface area (Å²) in [5.41, 5.74) is -0.278. The zero-order valence-electron chi connectivity index (χ0n) is 13.4. The molecule has 1 aliphatic rings. The quantitative estimate of drug-likeness (QED) is 0.741. The standard InChI is InChI=1S/C17H19FN2O4/c1-3-24-16(22)14-12(9-4-6-10(18)7-5-9)13-11(8-17(14,2)23)19-20-15(13)21/h4-7,12,14,23H,3,8H2,1-2H3,(H2,19,20,21)/t12-,14-,17+/m0/s1. The van der Waals surface area contributed by atoms with Crippen LogP contribution in [0.3, 0.4) is 0 Å². The number of fused-ring (bicyclic) bond motifs is 1. The number of benzene rings is 1. The molecule has 3 N–H and O–H groups in total. The van der Waals surface area contributed by atoms with Gasteiger partial charge in [0, 0.05) is 23.6 Å². The Labute approximate surface area is 137 Å². The summed E-state index contributed by atoms with van der Waals surface area (Å²) in [7, 11) is 0. The summed E-state index contributed by atoms with van der Waals surface area (Å²) in [6.45, 7) is 3.38. The van der Waals surface area contributed by atoms with Gasteiger partial charge in [0.25, 0.3) is 5.56 Å². The first-order valence-corrected chi connectivity index (χ1v) is 7.79. The van der Waals surface area contributed by atoms with Gasteiger partial charge in [0.1, 0.15) is 5.82 Å². The third-order valence-corrected chi connectivity index (χ3v) is 4.52. The van der Waals surface area contributed by atoms with E-state index < -0.39 is 29.2 Å². The minimum Gasteiger partial charge on any atom is -0.466 e. The average Bonchev–Trinajstić information content (AvgIpc) is 2.86. The Balaban J connectivity index is 2.20. The second-order valence-electron chi connectivity index (χ2n) is 6.26. The van der Waals surface area contributed by atoms with Gasteiger partial charge in [0.2, 0.25) is 0 Å². The lowest BCUT2D eigenvalue weighted by Crippen LogP contribution is -2.50. The van der Waals surface area contributed by atoms with Crippen molar-refractivity contribution in [1.29, 1.82) is 0 Å². The fourth-order valence-corrected chi connectivity index (χ4v) is 3.52. The van der Waals surface area contributed by atoms with Crippen molar-refractivity contribution in [2.24, 2.45) is 5.92 Å². The molecule has 0 radical (unpaired) electrons. The number of esters is 1. The number of carbonyl (C=O) groups is 1. The van der Waals surface area contributed by atoms with E-state index in [1.807, 2.05) is 0 Å². The highest BCUT2D eigenvalue weighted by Gasteiger charge is 2.51. The van der Waals surface area contributed by atoms with E-state index >= 15 is 0 Å². The second kappa shape index (κ2) is 5.90. The van der Waals surface area contributed by atoms with Crippen LogP contribution in [0, 0.1) is 11.7 Å². The van der Waals surface area contributed by atoms with Crippen LogP contribution in [-0.4, -0.2) is 33.5 Å². The second-order valence-corrected chi connectivity index (χ2v) is 6.26. The Bertz CT molecular complexity index is 807. The van der Waals surface area contributed by atoms with Gasteiger partial charge >= 0.3 is 5.97 Å². The fraction of sp³-hybridized carbons (Fsp3) is 0.412. The molecule has 0 spiro atoms. The number of nitrogens with one attached hydrogen (secondary N) is 2. The molecule has 1 aliphatic carbocycles. The van der Waals surface area contributed by atoms with Gasteiger partial charge in [0.15, 0.2) is 0 Å². The molecule has 3 rings (SSSR count). The van der Waals surface area contributed by atoms with Gasteiger partial charge < -0.3 is 14.9 Å². The first-order chi connectivity index (χ1) is 11.3. The van der Waals surface area contributed by atoms with Crippen molar-refractivity contribution in [3.8, 4) is 0 Å². The van der Waals surface area contributed by atoms with Crippen molar-refractivity contribution in [1.82, 2.24) is 10.2 Å². The predicted octanol–water partition coefficient (Wildman–Crippen LogP) is 1.46. The van der Waals surface area contributed by atoms with Crippen molar-refractivity contribution in [3.05, 3.63) is 57.3 Å². The van der Waals surface area contributed by atoms with Crippen LogP contribution < -0.4 is 5.56 Å². The molecule has 24 heavy (non-hydrogen) atoms. The summed E-state index contributed by atoms with van der Waals surface area (Å²) in [6.07, 6.45) is 0.113. The van der Waals surface area contributed by atoms with E-state index in [9.17, 15) is 19.1 Å². The highest BCUT2D eigenvalue weighted by atomic mass is 19.1. The summed E-state index contributed by atoms with van der Waals surface area (Å²) >= 11 is 0. The van der Waals surface area contributed by atoms with E-state index in [0.717, 1.165) is 0 Å². The van der Waals surface area contributed by atoms with Gasteiger partial charge in [-0.25, -0.2) is 4.39 Å². The topological polar surface area (TPSA) is 95.2 Å². The van der Waals surface area contributed by atoms with Crippen LogP contribution in [0.1, 0.15) is 36.6 Å². The molecule has 6 nitrogen and oxygen atoms in total. The minimum absolute atomic E-state index is 0.113. The Kier molecular flexibility index (Phi) is 4.04. The van der Waals surface area contributed by atoms with Crippen molar-refractivity contribution in [2.75, 3.05) is 6.61 Å². The van der Waals surface area contributed by atoms with Crippen LogP contribution in [0.25, 0.3) is 0 Å². The number of hydrogen-bond acceptors (Lipinski definition) is 4. The van der Waals surface area contributed by atoms with Gasteiger partial charge in [-0.1, -0.05) is 12.1 Å². The van der Waals surface area contributed by atoms with Crippen LogP contribution in [0.2, 0.25) is 0 Å². The molecule has 1 heterocycles.